The second-order valence-corrected chi connectivity index (χ2v) is 5.52. The Morgan fingerprint density at radius 3 is 2.70 bits per heavy atom. The van der Waals surface area contributed by atoms with Gasteiger partial charge in [-0.15, -0.1) is 0 Å². The quantitative estimate of drug-likeness (QED) is 0.828. The van der Waals surface area contributed by atoms with Crippen LogP contribution in [-0.4, -0.2) is 43.6 Å². The molecule has 7 heteroatoms. The zero-order chi connectivity index (χ0) is 14.3. The maximum absolute atomic E-state index is 12.5. The van der Waals surface area contributed by atoms with Crippen LogP contribution in [0.25, 0.3) is 0 Å². The highest BCUT2D eigenvalue weighted by atomic mass is 16.2. The number of nitrogens with one attached hydrogen (secondary N) is 1. The number of aromatic nitrogens is 3. The minimum atomic E-state index is -0.411. The van der Waals surface area contributed by atoms with Crippen molar-refractivity contribution < 1.29 is 9.59 Å². The molecule has 1 saturated heterocycles. The maximum atomic E-state index is 12.5. The summed E-state index contributed by atoms with van der Waals surface area (Å²) < 4.78 is 1.64. The van der Waals surface area contributed by atoms with E-state index in [0.29, 0.717) is 24.7 Å². The summed E-state index contributed by atoms with van der Waals surface area (Å²) in [5, 5.41) is 6.86. The van der Waals surface area contributed by atoms with Crippen LogP contribution < -0.4 is 5.32 Å². The van der Waals surface area contributed by atoms with Crippen molar-refractivity contribution in [3.63, 3.8) is 0 Å². The van der Waals surface area contributed by atoms with Crippen molar-refractivity contribution in [2.75, 3.05) is 0 Å². The third kappa shape index (κ3) is 2.17. The van der Waals surface area contributed by atoms with Crippen molar-refractivity contribution in [1.29, 1.82) is 0 Å². The molecule has 2 unspecified atom stereocenters. The highest BCUT2D eigenvalue weighted by Crippen LogP contribution is 2.37. The Kier molecular flexibility index (Phi) is 3.19. The fraction of sp³-hybridized carbons (Fsp3) is 0.692. The SMILES string of the molecule is CCC1NC(=O)C(C2CC2)N(Cc2ncnn2C)C1=O. The monoisotopic (exact) mass is 277 g/mol. The van der Waals surface area contributed by atoms with E-state index in [-0.39, 0.29) is 17.9 Å². The summed E-state index contributed by atoms with van der Waals surface area (Å²) >= 11 is 0. The number of piperazine rings is 1. The van der Waals surface area contributed by atoms with Gasteiger partial charge in [-0.1, -0.05) is 6.92 Å². The molecular weight excluding hydrogens is 258 g/mol. The van der Waals surface area contributed by atoms with Gasteiger partial charge < -0.3 is 10.2 Å². The molecule has 2 atom stereocenters. The smallest absolute Gasteiger partial charge is 0.246 e. The van der Waals surface area contributed by atoms with E-state index in [9.17, 15) is 9.59 Å². The predicted molar refractivity (Wildman–Crippen MR) is 70.3 cm³/mol. The average molecular weight is 277 g/mol. The third-order valence-electron chi connectivity index (χ3n) is 4.10. The number of nitrogens with zero attached hydrogens (tertiary/aromatic N) is 4. The summed E-state index contributed by atoms with van der Waals surface area (Å²) in [4.78, 5) is 30.7. The standard InChI is InChI=1S/C13H19N5O2/c1-3-9-13(20)18(6-10-14-7-15-17(10)2)11(8-4-5-8)12(19)16-9/h7-9,11H,3-6H2,1-2H3,(H,16,19). The van der Waals surface area contributed by atoms with Gasteiger partial charge in [-0.05, 0) is 25.2 Å². The van der Waals surface area contributed by atoms with Gasteiger partial charge in [0.25, 0.3) is 0 Å². The topological polar surface area (TPSA) is 80.1 Å². The summed E-state index contributed by atoms with van der Waals surface area (Å²) in [7, 11) is 1.79. The van der Waals surface area contributed by atoms with Crippen LogP contribution in [-0.2, 0) is 23.2 Å². The fourth-order valence-electron chi connectivity index (χ4n) is 2.75. The Morgan fingerprint density at radius 1 is 1.40 bits per heavy atom. The first-order chi connectivity index (χ1) is 9.61. The zero-order valence-electron chi connectivity index (χ0n) is 11.7. The molecule has 0 spiro atoms. The lowest BCUT2D eigenvalue weighted by Gasteiger charge is -2.38. The van der Waals surface area contributed by atoms with Crippen molar-refractivity contribution in [2.24, 2.45) is 13.0 Å². The van der Waals surface area contributed by atoms with Crippen LogP contribution in [0.1, 0.15) is 32.0 Å². The molecule has 2 fully saturated rings. The Hall–Kier alpha value is -1.92. The van der Waals surface area contributed by atoms with Crippen molar-refractivity contribution in [2.45, 2.75) is 44.8 Å². The third-order valence-corrected chi connectivity index (χ3v) is 4.10. The maximum Gasteiger partial charge on any atom is 0.246 e. The first kappa shape index (κ1) is 13.1. The predicted octanol–water partition coefficient (Wildman–Crippen LogP) is -0.169. The number of carbonyl (C=O) groups is 2. The van der Waals surface area contributed by atoms with Crippen molar-refractivity contribution in [1.82, 2.24) is 25.0 Å². The summed E-state index contributed by atoms with van der Waals surface area (Å²) in [6.45, 7) is 2.25. The van der Waals surface area contributed by atoms with E-state index in [1.165, 1.54) is 6.33 Å². The molecule has 20 heavy (non-hydrogen) atoms. The van der Waals surface area contributed by atoms with Gasteiger partial charge in [0, 0.05) is 7.05 Å². The molecule has 1 N–H and O–H groups in total. The van der Waals surface area contributed by atoms with Crippen LogP contribution in [0.15, 0.2) is 6.33 Å². The number of rotatable bonds is 4. The molecule has 1 saturated carbocycles. The Morgan fingerprint density at radius 2 is 2.15 bits per heavy atom. The molecule has 7 nitrogen and oxygen atoms in total. The normalized spacial score (nSPS) is 26.8. The van der Waals surface area contributed by atoms with Crippen molar-refractivity contribution in [3.8, 4) is 0 Å². The van der Waals surface area contributed by atoms with Crippen molar-refractivity contribution in [3.05, 3.63) is 12.2 Å². The molecule has 0 radical (unpaired) electrons. The van der Waals surface area contributed by atoms with E-state index in [0.717, 1.165) is 12.8 Å². The molecule has 2 heterocycles. The molecule has 1 aliphatic carbocycles. The molecule has 2 amide bonds. The van der Waals surface area contributed by atoms with Gasteiger partial charge in [-0.25, -0.2) is 4.98 Å². The Balaban J connectivity index is 1.87. The van der Waals surface area contributed by atoms with E-state index in [1.807, 2.05) is 6.92 Å². The average Bonchev–Trinajstić information content (AvgIpc) is 3.18. The van der Waals surface area contributed by atoms with Gasteiger partial charge in [0.15, 0.2) is 0 Å². The van der Waals surface area contributed by atoms with E-state index in [2.05, 4.69) is 15.4 Å². The molecular formula is C13H19N5O2. The second kappa shape index (κ2) is 4.88. The van der Waals surface area contributed by atoms with Gasteiger partial charge in [-0.3, -0.25) is 14.3 Å². The van der Waals surface area contributed by atoms with Crippen LogP contribution in [0.5, 0.6) is 0 Å². The number of amides is 2. The van der Waals surface area contributed by atoms with Crippen LogP contribution in [0.4, 0.5) is 0 Å². The number of hydrogen-bond acceptors (Lipinski definition) is 4. The second-order valence-electron chi connectivity index (χ2n) is 5.52. The highest BCUT2D eigenvalue weighted by Gasteiger charge is 2.47. The van der Waals surface area contributed by atoms with E-state index < -0.39 is 6.04 Å². The first-order valence-electron chi connectivity index (χ1n) is 7.05. The lowest BCUT2D eigenvalue weighted by atomic mass is 10.0. The Bertz CT molecular complexity index is 537. The lowest BCUT2D eigenvalue weighted by molar-refractivity contribution is -0.151. The summed E-state index contributed by atoms with van der Waals surface area (Å²) in [6.07, 6.45) is 4.10. The van der Waals surface area contributed by atoms with Gasteiger partial charge in [0.1, 0.15) is 24.2 Å². The number of carbonyl (C=O) groups excluding carboxylic acids is 2. The zero-order valence-corrected chi connectivity index (χ0v) is 11.7. The lowest BCUT2D eigenvalue weighted by Crippen LogP contribution is -2.63. The summed E-state index contributed by atoms with van der Waals surface area (Å²) in [5.74, 6) is 0.964. The molecule has 108 valence electrons. The molecule has 0 aromatic carbocycles. The van der Waals surface area contributed by atoms with Gasteiger partial charge in [0.2, 0.25) is 11.8 Å². The minimum absolute atomic E-state index is 0.00741. The number of hydrogen-bond donors (Lipinski definition) is 1. The van der Waals surface area contributed by atoms with Crippen LogP contribution in [0.3, 0.4) is 0 Å². The number of aryl methyl sites for hydroxylation is 1. The minimum Gasteiger partial charge on any atom is -0.343 e. The summed E-state index contributed by atoms with van der Waals surface area (Å²) in [6, 6.07) is -0.757. The molecule has 2 aliphatic rings. The molecule has 3 rings (SSSR count). The molecule has 1 aliphatic heterocycles. The first-order valence-corrected chi connectivity index (χ1v) is 7.05. The molecule has 0 bridgehead atoms. The van der Waals surface area contributed by atoms with Crippen molar-refractivity contribution >= 4 is 11.8 Å². The molecule has 1 aromatic rings. The van der Waals surface area contributed by atoms with E-state index in [1.54, 1.807) is 16.6 Å². The van der Waals surface area contributed by atoms with Crippen LogP contribution in [0.2, 0.25) is 0 Å². The van der Waals surface area contributed by atoms with E-state index in [4.69, 9.17) is 0 Å². The summed E-state index contributed by atoms with van der Waals surface area (Å²) in [5.41, 5.74) is 0. The van der Waals surface area contributed by atoms with Gasteiger partial charge in [-0.2, -0.15) is 5.10 Å². The van der Waals surface area contributed by atoms with Crippen LogP contribution >= 0.6 is 0 Å². The largest absolute Gasteiger partial charge is 0.343 e. The van der Waals surface area contributed by atoms with E-state index >= 15 is 0 Å². The molecule has 1 aromatic heterocycles. The van der Waals surface area contributed by atoms with Crippen LogP contribution in [0, 0.1) is 5.92 Å². The highest BCUT2D eigenvalue weighted by molar-refractivity contribution is 5.97. The fourth-order valence-corrected chi connectivity index (χ4v) is 2.75. The van der Waals surface area contributed by atoms with Gasteiger partial charge in [0.05, 0.1) is 6.54 Å². The van der Waals surface area contributed by atoms with Gasteiger partial charge >= 0.3 is 0 Å². The Labute approximate surface area is 117 Å².